The Morgan fingerprint density at radius 2 is 2.05 bits per heavy atom. The van der Waals surface area contributed by atoms with Gasteiger partial charge in [-0.25, -0.2) is 0 Å². The van der Waals surface area contributed by atoms with Crippen LogP contribution in [-0.2, 0) is 6.42 Å². The fourth-order valence-electron chi connectivity index (χ4n) is 4.52. The predicted octanol–water partition coefficient (Wildman–Crippen LogP) is 3.41. The third-order valence-electron chi connectivity index (χ3n) is 5.79. The van der Waals surface area contributed by atoms with Crippen molar-refractivity contribution in [2.24, 2.45) is 17.1 Å². The molecule has 0 radical (unpaired) electrons. The van der Waals surface area contributed by atoms with Crippen LogP contribution >= 0.6 is 0 Å². The van der Waals surface area contributed by atoms with Gasteiger partial charge in [-0.05, 0) is 37.1 Å². The van der Waals surface area contributed by atoms with Crippen LogP contribution in [0.5, 0.6) is 0 Å². The van der Waals surface area contributed by atoms with E-state index in [-0.39, 0.29) is 5.41 Å². The van der Waals surface area contributed by atoms with Crippen molar-refractivity contribution in [3.8, 4) is 0 Å². The normalized spacial score (nSPS) is 31.1. The molecule has 3 rings (SSSR count). The fourth-order valence-corrected chi connectivity index (χ4v) is 4.52. The first-order valence-electron chi connectivity index (χ1n) is 8.58. The fraction of sp³-hybridized carbons (Fsp3) is 0.684. The van der Waals surface area contributed by atoms with Crippen LogP contribution in [-0.4, -0.2) is 31.6 Å². The summed E-state index contributed by atoms with van der Waals surface area (Å²) >= 11 is 0. The first kappa shape index (κ1) is 15.1. The third kappa shape index (κ3) is 3.17. The molecule has 0 bridgehead atoms. The summed E-state index contributed by atoms with van der Waals surface area (Å²) in [6.45, 7) is 5.38. The highest BCUT2D eigenvalue weighted by atomic mass is 15.1. The second-order valence-electron chi connectivity index (χ2n) is 7.71. The quantitative estimate of drug-likeness (QED) is 0.919. The molecule has 1 saturated heterocycles. The lowest BCUT2D eigenvalue weighted by atomic mass is 9.75. The van der Waals surface area contributed by atoms with E-state index in [2.05, 4.69) is 43.1 Å². The van der Waals surface area contributed by atoms with E-state index in [1.165, 1.54) is 43.2 Å². The number of likely N-dealkylation sites (tertiary alicyclic amines) is 1. The first-order valence-corrected chi connectivity index (χ1v) is 8.58. The Hall–Kier alpha value is -0.860. The van der Waals surface area contributed by atoms with Crippen molar-refractivity contribution in [2.75, 3.05) is 26.7 Å². The molecule has 1 aromatic carbocycles. The lowest BCUT2D eigenvalue weighted by molar-refractivity contribution is 0.302. The van der Waals surface area contributed by atoms with Crippen molar-refractivity contribution in [1.82, 2.24) is 4.90 Å². The molecular weight excluding hydrogens is 256 g/mol. The minimum atomic E-state index is 0.223. The maximum absolute atomic E-state index is 6.10. The molecule has 2 atom stereocenters. The zero-order valence-corrected chi connectivity index (χ0v) is 13.6. The minimum Gasteiger partial charge on any atom is -0.330 e. The standard InChI is InChI=1S/C19H30N2/c1-19(13-20)14-21(2)12-18(19)17-9-5-8-16(11-17)10-15-6-3-4-7-15/h5,8-9,11,15,18H,3-4,6-7,10,12-14,20H2,1-2H3. The number of nitrogens with zero attached hydrogens (tertiary/aromatic N) is 1. The van der Waals surface area contributed by atoms with Crippen LogP contribution in [0, 0.1) is 11.3 Å². The van der Waals surface area contributed by atoms with Crippen LogP contribution in [0.3, 0.4) is 0 Å². The Balaban J connectivity index is 1.78. The van der Waals surface area contributed by atoms with Gasteiger partial charge < -0.3 is 10.6 Å². The van der Waals surface area contributed by atoms with E-state index in [0.29, 0.717) is 5.92 Å². The van der Waals surface area contributed by atoms with E-state index in [0.717, 1.165) is 25.6 Å². The number of likely N-dealkylation sites (N-methyl/N-ethyl adjacent to an activating group) is 1. The van der Waals surface area contributed by atoms with E-state index in [1.807, 2.05) is 0 Å². The highest BCUT2D eigenvalue weighted by Crippen LogP contribution is 2.41. The highest BCUT2D eigenvalue weighted by molar-refractivity contribution is 5.30. The molecule has 0 aromatic heterocycles. The lowest BCUT2D eigenvalue weighted by Gasteiger charge is -2.29. The van der Waals surface area contributed by atoms with Gasteiger partial charge in [-0.15, -0.1) is 0 Å². The van der Waals surface area contributed by atoms with Crippen LogP contribution in [0.2, 0.25) is 0 Å². The summed E-state index contributed by atoms with van der Waals surface area (Å²) in [4.78, 5) is 2.43. The molecular formula is C19H30N2. The summed E-state index contributed by atoms with van der Waals surface area (Å²) in [5.74, 6) is 1.50. The Kier molecular flexibility index (Phi) is 4.37. The number of rotatable bonds is 4. The molecule has 2 aliphatic rings. The summed E-state index contributed by atoms with van der Waals surface area (Å²) in [7, 11) is 2.22. The monoisotopic (exact) mass is 286 g/mol. The van der Waals surface area contributed by atoms with Gasteiger partial charge in [0, 0.05) is 24.4 Å². The van der Waals surface area contributed by atoms with Gasteiger partial charge in [0.2, 0.25) is 0 Å². The van der Waals surface area contributed by atoms with Gasteiger partial charge in [-0.2, -0.15) is 0 Å². The third-order valence-corrected chi connectivity index (χ3v) is 5.79. The van der Waals surface area contributed by atoms with Gasteiger partial charge in [0.25, 0.3) is 0 Å². The van der Waals surface area contributed by atoms with Crippen molar-refractivity contribution in [3.05, 3.63) is 35.4 Å². The van der Waals surface area contributed by atoms with Crippen molar-refractivity contribution < 1.29 is 0 Å². The molecule has 0 spiro atoms. The van der Waals surface area contributed by atoms with Gasteiger partial charge in [-0.3, -0.25) is 0 Å². The average Bonchev–Trinajstić information content (AvgIpc) is 3.07. The molecule has 2 unspecified atom stereocenters. The van der Waals surface area contributed by atoms with Gasteiger partial charge in [-0.1, -0.05) is 56.9 Å². The molecule has 2 N–H and O–H groups in total. The predicted molar refractivity (Wildman–Crippen MR) is 89.5 cm³/mol. The molecule has 2 nitrogen and oxygen atoms in total. The number of nitrogens with two attached hydrogens (primary N) is 1. The van der Waals surface area contributed by atoms with Crippen molar-refractivity contribution in [2.45, 2.75) is 44.9 Å². The molecule has 2 fully saturated rings. The van der Waals surface area contributed by atoms with Crippen LogP contribution in [0.4, 0.5) is 0 Å². The minimum absolute atomic E-state index is 0.223. The van der Waals surface area contributed by atoms with Crippen molar-refractivity contribution >= 4 is 0 Å². The SMILES string of the molecule is CN1CC(c2cccc(CC3CCCC3)c2)C(C)(CN)C1. The zero-order chi connectivity index (χ0) is 14.9. The molecule has 1 aliphatic heterocycles. The molecule has 1 heterocycles. The van der Waals surface area contributed by atoms with Crippen LogP contribution in [0.25, 0.3) is 0 Å². The molecule has 1 saturated carbocycles. The second kappa shape index (κ2) is 6.10. The maximum Gasteiger partial charge on any atom is 0.00537 e. The lowest BCUT2D eigenvalue weighted by Crippen LogP contribution is -2.34. The van der Waals surface area contributed by atoms with Gasteiger partial charge >= 0.3 is 0 Å². The van der Waals surface area contributed by atoms with Gasteiger partial charge in [0.15, 0.2) is 0 Å². The van der Waals surface area contributed by atoms with Crippen LogP contribution in [0.1, 0.15) is 49.7 Å². The van der Waals surface area contributed by atoms with Crippen molar-refractivity contribution in [1.29, 1.82) is 0 Å². The van der Waals surface area contributed by atoms with E-state index in [9.17, 15) is 0 Å². The zero-order valence-electron chi connectivity index (χ0n) is 13.6. The maximum atomic E-state index is 6.10. The molecule has 21 heavy (non-hydrogen) atoms. The summed E-state index contributed by atoms with van der Waals surface area (Å²) in [5.41, 5.74) is 9.36. The molecule has 1 aliphatic carbocycles. The molecule has 2 heteroatoms. The van der Waals surface area contributed by atoms with Crippen LogP contribution < -0.4 is 5.73 Å². The smallest absolute Gasteiger partial charge is 0.00537 e. The molecule has 116 valence electrons. The van der Waals surface area contributed by atoms with Crippen molar-refractivity contribution in [3.63, 3.8) is 0 Å². The van der Waals surface area contributed by atoms with Crippen LogP contribution in [0.15, 0.2) is 24.3 Å². The molecule has 1 aromatic rings. The highest BCUT2D eigenvalue weighted by Gasteiger charge is 2.41. The summed E-state index contributed by atoms with van der Waals surface area (Å²) in [6, 6.07) is 9.36. The number of benzene rings is 1. The Morgan fingerprint density at radius 3 is 2.76 bits per heavy atom. The summed E-state index contributed by atoms with van der Waals surface area (Å²) in [6.07, 6.45) is 7.00. The number of hydrogen-bond donors (Lipinski definition) is 1. The van der Waals surface area contributed by atoms with E-state index in [1.54, 1.807) is 0 Å². The number of hydrogen-bond acceptors (Lipinski definition) is 2. The Bertz CT molecular complexity index is 478. The summed E-state index contributed by atoms with van der Waals surface area (Å²) < 4.78 is 0. The summed E-state index contributed by atoms with van der Waals surface area (Å²) in [5, 5.41) is 0. The Morgan fingerprint density at radius 1 is 1.29 bits per heavy atom. The average molecular weight is 286 g/mol. The Labute approximate surface area is 129 Å². The topological polar surface area (TPSA) is 29.3 Å². The van der Waals surface area contributed by atoms with E-state index >= 15 is 0 Å². The second-order valence-corrected chi connectivity index (χ2v) is 7.71. The van der Waals surface area contributed by atoms with E-state index in [4.69, 9.17) is 5.73 Å². The van der Waals surface area contributed by atoms with Gasteiger partial charge in [0.05, 0.1) is 0 Å². The van der Waals surface area contributed by atoms with E-state index < -0.39 is 0 Å². The first-order chi connectivity index (χ1) is 10.1. The molecule has 0 amide bonds. The van der Waals surface area contributed by atoms with Gasteiger partial charge in [0.1, 0.15) is 0 Å². The largest absolute Gasteiger partial charge is 0.330 e.